The second kappa shape index (κ2) is 6.02. The van der Waals surface area contributed by atoms with Crippen LogP contribution < -0.4 is 0 Å². The SMILES string of the molecule is Cc1ccc(CC(=O)c2cc(Br)cc(Br)c2)cc1C. The smallest absolute Gasteiger partial charge is 0.167 e. The van der Waals surface area contributed by atoms with Crippen LogP contribution in [0.1, 0.15) is 27.0 Å². The van der Waals surface area contributed by atoms with Crippen LogP contribution in [-0.4, -0.2) is 5.78 Å². The molecule has 0 aliphatic rings. The molecular formula is C16H14Br2O. The Bertz CT molecular complexity index is 612. The van der Waals surface area contributed by atoms with Gasteiger partial charge in [0, 0.05) is 20.9 Å². The van der Waals surface area contributed by atoms with Gasteiger partial charge in [-0.3, -0.25) is 4.79 Å². The maximum atomic E-state index is 12.3. The van der Waals surface area contributed by atoms with Crippen LogP contribution in [-0.2, 0) is 6.42 Å². The number of carbonyl (C=O) groups is 1. The lowest BCUT2D eigenvalue weighted by molar-refractivity contribution is 0.0993. The molecule has 0 atom stereocenters. The number of hydrogen-bond acceptors (Lipinski definition) is 1. The summed E-state index contributed by atoms with van der Waals surface area (Å²) in [5, 5.41) is 0. The van der Waals surface area contributed by atoms with Crippen LogP contribution in [0.5, 0.6) is 0 Å². The second-order valence-electron chi connectivity index (χ2n) is 4.68. The average molecular weight is 382 g/mol. The molecular weight excluding hydrogens is 368 g/mol. The van der Waals surface area contributed by atoms with Crippen molar-refractivity contribution in [3.05, 3.63) is 67.6 Å². The van der Waals surface area contributed by atoms with E-state index >= 15 is 0 Å². The largest absolute Gasteiger partial charge is 0.294 e. The number of benzene rings is 2. The first kappa shape index (κ1) is 14.5. The van der Waals surface area contributed by atoms with E-state index < -0.39 is 0 Å². The summed E-state index contributed by atoms with van der Waals surface area (Å²) in [7, 11) is 0. The van der Waals surface area contributed by atoms with Crippen LogP contribution in [0.4, 0.5) is 0 Å². The van der Waals surface area contributed by atoms with Crippen molar-refractivity contribution in [1.29, 1.82) is 0 Å². The number of rotatable bonds is 3. The molecule has 98 valence electrons. The Hall–Kier alpha value is -0.930. The lowest BCUT2D eigenvalue weighted by Crippen LogP contribution is -2.04. The number of carbonyl (C=O) groups excluding carboxylic acids is 1. The van der Waals surface area contributed by atoms with E-state index in [-0.39, 0.29) is 5.78 Å². The molecule has 0 radical (unpaired) electrons. The first-order valence-electron chi connectivity index (χ1n) is 6.01. The maximum absolute atomic E-state index is 12.3. The topological polar surface area (TPSA) is 17.1 Å². The van der Waals surface area contributed by atoms with Gasteiger partial charge >= 0.3 is 0 Å². The molecule has 0 saturated carbocycles. The molecule has 1 nitrogen and oxygen atoms in total. The third-order valence-corrected chi connectivity index (χ3v) is 4.04. The molecule has 0 aliphatic heterocycles. The molecule has 2 aromatic rings. The second-order valence-corrected chi connectivity index (χ2v) is 6.51. The van der Waals surface area contributed by atoms with Crippen molar-refractivity contribution in [2.75, 3.05) is 0 Å². The van der Waals surface area contributed by atoms with E-state index in [2.05, 4.69) is 57.8 Å². The van der Waals surface area contributed by atoms with Crippen LogP contribution in [0.2, 0.25) is 0 Å². The van der Waals surface area contributed by atoms with Gasteiger partial charge in [-0.25, -0.2) is 0 Å². The van der Waals surface area contributed by atoms with E-state index in [9.17, 15) is 4.79 Å². The van der Waals surface area contributed by atoms with Crippen molar-refractivity contribution in [2.45, 2.75) is 20.3 Å². The van der Waals surface area contributed by atoms with E-state index in [1.165, 1.54) is 11.1 Å². The number of Topliss-reactive ketones (excluding diaryl/α,β-unsaturated/α-hetero) is 1. The predicted molar refractivity (Wildman–Crippen MR) is 85.8 cm³/mol. The summed E-state index contributed by atoms with van der Waals surface area (Å²) in [5.74, 6) is 0.130. The summed E-state index contributed by atoms with van der Waals surface area (Å²) in [6.45, 7) is 4.14. The minimum absolute atomic E-state index is 0.130. The fraction of sp³-hybridized carbons (Fsp3) is 0.188. The minimum Gasteiger partial charge on any atom is -0.294 e. The Kier molecular flexibility index (Phi) is 4.58. The Balaban J connectivity index is 2.22. The summed E-state index contributed by atoms with van der Waals surface area (Å²) < 4.78 is 1.82. The quantitative estimate of drug-likeness (QED) is 0.663. The summed E-state index contributed by atoms with van der Waals surface area (Å²) in [4.78, 5) is 12.3. The highest BCUT2D eigenvalue weighted by Gasteiger charge is 2.09. The normalized spacial score (nSPS) is 10.5. The molecule has 0 bridgehead atoms. The number of aryl methyl sites for hydroxylation is 2. The molecule has 0 fully saturated rings. The molecule has 0 spiro atoms. The van der Waals surface area contributed by atoms with Crippen LogP contribution in [0, 0.1) is 13.8 Å². The molecule has 0 aromatic heterocycles. The summed E-state index contributed by atoms with van der Waals surface area (Å²) in [6, 6.07) is 11.8. The first-order valence-corrected chi connectivity index (χ1v) is 7.60. The van der Waals surface area contributed by atoms with Crippen LogP contribution in [0.15, 0.2) is 45.3 Å². The number of ketones is 1. The molecule has 0 heterocycles. The highest BCUT2D eigenvalue weighted by molar-refractivity contribution is 9.11. The van der Waals surface area contributed by atoms with Gasteiger partial charge in [0.25, 0.3) is 0 Å². The zero-order chi connectivity index (χ0) is 14.0. The van der Waals surface area contributed by atoms with Gasteiger partial charge in [-0.15, -0.1) is 0 Å². The lowest BCUT2D eigenvalue weighted by Gasteiger charge is -2.06. The van der Waals surface area contributed by atoms with Crippen molar-refractivity contribution < 1.29 is 4.79 Å². The minimum atomic E-state index is 0.130. The van der Waals surface area contributed by atoms with Gasteiger partial charge in [-0.1, -0.05) is 50.1 Å². The van der Waals surface area contributed by atoms with Gasteiger partial charge in [-0.05, 0) is 48.7 Å². The Morgan fingerprint density at radius 1 is 0.947 bits per heavy atom. The monoisotopic (exact) mass is 380 g/mol. The van der Waals surface area contributed by atoms with Gasteiger partial charge in [0.1, 0.15) is 0 Å². The van der Waals surface area contributed by atoms with E-state index in [4.69, 9.17) is 0 Å². The maximum Gasteiger partial charge on any atom is 0.167 e. The Labute approximate surface area is 130 Å². The third kappa shape index (κ3) is 3.77. The average Bonchev–Trinajstić information content (AvgIpc) is 2.32. The Morgan fingerprint density at radius 2 is 1.58 bits per heavy atom. The zero-order valence-corrected chi connectivity index (χ0v) is 14.0. The van der Waals surface area contributed by atoms with Gasteiger partial charge in [0.15, 0.2) is 5.78 Å². The van der Waals surface area contributed by atoms with E-state index in [0.29, 0.717) is 6.42 Å². The predicted octanol–water partition coefficient (Wildman–Crippen LogP) is 5.25. The van der Waals surface area contributed by atoms with Crippen molar-refractivity contribution in [1.82, 2.24) is 0 Å². The molecule has 0 aliphatic carbocycles. The lowest BCUT2D eigenvalue weighted by atomic mass is 10.00. The molecule has 2 rings (SSSR count). The van der Waals surface area contributed by atoms with Gasteiger partial charge in [-0.2, -0.15) is 0 Å². The summed E-state index contributed by atoms with van der Waals surface area (Å²) in [5.41, 5.74) is 4.26. The third-order valence-electron chi connectivity index (χ3n) is 3.12. The van der Waals surface area contributed by atoms with Gasteiger partial charge in [0.2, 0.25) is 0 Å². The number of halogens is 2. The standard InChI is InChI=1S/C16H14Br2O/c1-10-3-4-12(5-11(10)2)6-16(19)13-7-14(17)9-15(18)8-13/h3-5,7-9H,6H2,1-2H3. The van der Waals surface area contributed by atoms with Crippen LogP contribution in [0.3, 0.4) is 0 Å². The molecule has 0 N–H and O–H groups in total. The summed E-state index contributed by atoms with van der Waals surface area (Å²) >= 11 is 6.81. The first-order chi connectivity index (χ1) is 8.95. The van der Waals surface area contributed by atoms with Crippen LogP contribution in [0.25, 0.3) is 0 Å². The fourth-order valence-corrected chi connectivity index (χ4v) is 3.21. The van der Waals surface area contributed by atoms with Gasteiger partial charge < -0.3 is 0 Å². The van der Waals surface area contributed by atoms with Crippen molar-refractivity contribution in [3.8, 4) is 0 Å². The van der Waals surface area contributed by atoms with Crippen LogP contribution >= 0.6 is 31.9 Å². The van der Waals surface area contributed by atoms with Crippen molar-refractivity contribution in [2.24, 2.45) is 0 Å². The molecule has 0 unspecified atom stereocenters. The summed E-state index contributed by atoms with van der Waals surface area (Å²) in [6.07, 6.45) is 0.435. The molecule has 19 heavy (non-hydrogen) atoms. The zero-order valence-electron chi connectivity index (χ0n) is 10.8. The van der Waals surface area contributed by atoms with E-state index in [0.717, 1.165) is 20.1 Å². The highest BCUT2D eigenvalue weighted by atomic mass is 79.9. The molecule has 0 saturated heterocycles. The van der Waals surface area contributed by atoms with E-state index in [1.807, 2.05) is 24.3 Å². The fourth-order valence-electron chi connectivity index (χ4n) is 1.92. The highest BCUT2D eigenvalue weighted by Crippen LogP contribution is 2.21. The number of hydrogen-bond donors (Lipinski definition) is 0. The Morgan fingerprint density at radius 3 is 2.16 bits per heavy atom. The van der Waals surface area contributed by atoms with Crippen molar-refractivity contribution in [3.63, 3.8) is 0 Å². The molecule has 3 heteroatoms. The van der Waals surface area contributed by atoms with Gasteiger partial charge in [0.05, 0.1) is 0 Å². The molecule has 0 amide bonds. The van der Waals surface area contributed by atoms with Crippen molar-refractivity contribution >= 4 is 37.6 Å². The van der Waals surface area contributed by atoms with E-state index in [1.54, 1.807) is 0 Å². The molecule has 2 aromatic carbocycles.